The van der Waals surface area contributed by atoms with E-state index < -0.39 is 11.1 Å². The molecule has 0 aliphatic rings. The lowest BCUT2D eigenvalue weighted by atomic mass is 9.99. The Labute approximate surface area is 261 Å². The average Bonchev–Trinajstić information content (AvgIpc) is 3.54. The van der Waals surface area contributed by atoms with Crippen molar-refractivity contribution in [2.75, 3.05) is 5.32 Å². The van der Waals surface area contributed by atoms with E-state index >= 15 is 0 Å². The molecule has 0 aliphatic carbocycles. The number of aromatic nitrogens is 1. The normalized spacial score (nSPS) is 11.7. The van der Waals surface area contributed by atoms with Crippen LogP contribution in [0.5, 0.6) is 0 Å². The van der Waals surface area contributed by atoms with Gasteiger partial charge in [-0.25, -0.2) is 9.37 Å². The SMILES string of the molecule is C[C@H](Sc1nc(-c2ccc(Cl)cc2)cc(-c2cccc(F)c2)c1C#N)C(=O)Nc1ccc(C(=O)/C=C/c2cccs2)cc1. The van der Waals surface area contributed by atoms with Gasteiger partial charge in [0.2, 0.25) is 5.91 Å². The van der Waals surface area contributed by atoms with Gasteiger partial charge in [0.25, 0.3) is 0 Å². The van der Waals surface area contributed by atoms with Crippen molar-refractivity contribution < 1.29 is 14.0 Å². The number of nitrogens with one attached hydrogen (secondary N) is 1. The van der Waals surface area contributed by atoms with E-state index in [9.17, 15) is 19.2 Å². The number of nitrogens with zero attached hydrogens (tertiary/aromatic N) is 2. The number of thiophene rings is 1. The lowest BCUT2D eigenvalue weighted by molar-refractivity contribution is -0.115. The number of amides is 1. The van der Waals surface area contributed by atoms with Gasteiger partial charge in [-0.15, -0.1) is 11.3 Å². The summed E-state index contributed by atoms with van der Waals surface area (Å²) in [6.07, 6.45) is 3.29. The van der Waals surface area contributed by atoms with Crippen molar-refractivity contribution in [2.45, 2.75) is 17.2 Å². The van der Waals surface area contributed by atoms with E-state index in [0.29, 0.717) is 38.1 Å². The third-order valence-electron chi connectivity index (χ3n) is 6.41. The average molecular weight is 624 g/mol. The fourth-order valence-electron chi connectivity index (χ4n) is 4.19. The molecule has 0 radical (unpaired) electrons. The highest BCUT2D eigenvalue weighted by atomic mass is 35.5. The van der Waals surface area contributed by atoms with Crippen molar-refractivity contribution in [1.29, 1.82) is 5.26 Å². The number of thioether (sulfide) groups is 1. The molecule has 2 heterocycles. The molecule has 43 heavy (non-hydrogen) atoms. The minimum Gasteiger partial charge on any atom is -0.325 e. The van der Waals surface area contributed by atoms with Crippen LogP contribution < -0.4 is 5.32 Å². The third kappa shape index (κ3) is 7.46. The van der Waals surface area contributed by atoms with Gasteiger partial charge in [-0.3, -0.25) is 9.59 Å². The second-order valence-corrected chi connectivity index (χ2v) is 12.1. The first kappa shape index (κ1) is 29.9. The molecule has 5 aromatic rings. The number of rotatable bonds is 9. The van der Waals surface area contributed by atoms with Crippen LogP contribution in [-0.4, -0.2) is 21.9 Å². The third-order valence-corrected chi connectivity index (χ3v) is 8.59. The summed E-state index contributed by atoms with van der Waals surface area (Å²) in [5.74, 6) is -0.879. The van der Waals surface area contributed by atoms with Crippen molar-refractivity contribution in [2.24, 2.45) is 0 Å². The Morgan fingerprint density at radius 2 is 1.79 bits per heavy atom. The van der Waals surface area contributed by atoms with Crippen LogP contribution >= 0.6 is 34.7 Å². The quantitative estimate of drug-likeness (QED) is 0.101. The zero-order valence-electron chi connectivity index (χ0n) is 22.8. The van der Waals surface area contributed by atoms with E-state index in [0.717, 1.165) is 22.2 Å². The number of hydrogen-bond acceptors (Lipinski definition) is 6. The van der Waals surface area contributed by atoms with Gasteiger partial charge in [-0.2, -0.15) is 5.26 Å². The summed E-state index contributed by atoms with van der Waals surface area (Å²) >= 11 is 8.75. The Morgan fingerprint density at radius 1 is 1.02 bits per heavy atom. The molecule has 1 N–H and O–H groups in total. The van der Waals surface area contributed by atoms with E-state index in [1.165, 1.54) is 18.2 Å². The lowest BCUT2D eigenvalue weighted by Gasteiger charge is -2.16. The molecule has 0 spiro atoms. The zero-order valence-corrected chi connectivity index (χ0v) is 25.1. The van der Waals surface area contributed by atoms with Crippen molar-refractivity contribution in [3.8, 4) is 28.5 Å². The maximum atomic E-state index is 14.2. The second-order valence-electron chi connectivity index (χ2n) is 9.40. The summed E-state index contributed by atoms with van der Waals surface area (Å²) < 4.78 is 14.2. The fraction of sp³-hybridized carbons (Fsp3) is 0.0588. The zero-order chi connectivity index (χ0) is 30.3. The van der Waals surface area contributed by atoms with Crippen LogP contribution in [0.3, 0.4) is 0 Å². The van der Waals surface area contributed by atoms with Crippen LogP contribution in [0.2, 0.25) is 5.02 Å². The van der Waals surface area contributed by atoms with E-state index in [2.05, 4.69) is 11.4 Å². The summed E-state index contributed by atoms with van der Waals surface area (Å²) in [5.41, 5.74) is 3.61. The van der Waals surface area contributed by atoms with Gasteiger partial charge in [0.05, 0.1) is 16.5 Å². The largest absolute Gasteiger partial charge is 0.325 e. The maximum absolute atomic E-state index is 14.2. The van der Waals surface area contributed by atoms with Crippen molar-refractivity contribution >= 4 is 58.2 Å². The van der Waals surface area contributed by atoms with Crippen LogP contribution in [0, 0.1) is 17.1 Å². The molecule has 5 rings (SSSR count). The molecule has 212 valence electrons. The summed E-state index contributed by atoms with van der Waals surface area (Å²) in [6.45, 7) is 1.72. The molecule has 0 unspecified atom stereocenters. The van der Waals surface area contributed by atoms with Gasteiger partial charge in [0.15, 0.2) is 5.78 Å². The van der Waals surface area contributed by atoms with Crippen molar-refractivity contribution in [3.63, 3.8) is 0 Å². The first-order valence-corrected chi connectivity index (χ1v) is 15.2. The number of hydrogen-bond donors (Lipinski definition) is 1. The number of nitriles is 1. The number of ketones is 1. The summed E-state index contributed by atoms with van der Waals surface area (Å²) in [4.78, 5) is 31.4. The van der Waals surface area contributed by atoms with E-state index in [4.69, 9.17) is 16.6 Å². The van der Waals surface area contributed by atoms with Gasteiger partial charge in [0.1, 0.15) is 16.9 Å². The molecule has 9 heteroatoms. The summed E-state index contributed by atoms with van der Waals surface area (Å²) in [5, 5.41) is 15.2. The highest BCUT2D eigenvalue weighted by molar-refractivity contribution is 8.00. The van der Waals surface area contributed by atoms with Crippen molar-refractivity contribution in [1.82, 2.24) is 4.98 Å². The molecule has 3 aromatic carbocycles. The Hall–Kier alpha value is -4.55. The highest BCUT2D eigenvalue weighted by Crippen LogP contribution is 2.36. The van der Waals surface area contributed by atoms with E-state index in [1.54, 1.807) is 78.9 Å². The first-order chi connectivity index (χ1) is 20.8. The highest BCUT2D eigenvalue weighted by Gasteiger charge is 2.22. The Kier molecular flexibility index (Phi) is 9.48. The molecule has 0 fully saturated rings. The van der Waals surface area contributed by atoms with Crippen LogP contribution in [0.15, 0.2) is 107 Å². The number of halogens is 2. The van der Waals surface area contributed by atoms with Gasteiger partial charge in [-0.1, -0.05) is 53.7 Å². The predicted octanol–water partition coefficient (Wildman–Crippen LogP) is 9.16. The second kappa shape index (κ2) is 13.6. The smallest absolute Gasteiger partial charge is 0.237 e. The number of carbonyl (C=O) groups excluding carboxylic acids is 2. The Balaban J connectivity index is 1.37. The number of benzene rings is 3. The van der Waals surface area contributed by atoms with E-state index in [-0.39, 0.29) is 17.3 Å². The molecule has 1 amide bonds. The molecule has 0 saturated carbocycles. The summed E-state index contributed by atoms with van der Waals surface area (Å²) in [7, 11) is 0. The van der Waals surface area contributed by atoms with Crippen LogP contribution in [-0.2, 0) is 4.79 Å². The molecule has 0 aliphatic heterocycles. The fourth-order valence-corrected chi connectivity index (χ4v) is 5.86. The number of allylic oxidation sites excluding steroid dienone is 1. The van der Waals surface area contributed by atoms with Gasteiger partial charge in [0, 0.05) is 32.3 Å². The molecular formula is C34H23ClFN3O2S2. The van der Waals surface area contributed by atoms with Gasteiger partial charge < -0.3 is 5.32 Å². The minimum atomic E-state index is -0.643. The molecule has 1 atom stereocenters. The Bertz CT molecular complexity index is 1850. The van der Waals surface area contributed by atoms with Crippen LogP contribution in [0.25, 0.3) is 28.5 Å². The van der Waals surface area contributed by atoms with Crippen molar-refractivity contribution in [3.05, 3.63) is 129 Å². The monoisotopic (exact) mass is 623 g/mol. The first-order valence-electron chi connectivity index (χ1n) is 13.1. The summed E-state index contributed by atoms with van der Waals surface area (Å²) in [6, 6.07) is 27.5. The van der Waals surface area contributed by atoms with Crippen LogP contribution in [0.4, 0.5) is 10.1 Å². The van der Waals surface area contributed by atoms with Gasteiger partial charge in [-0.05, 0) is 90.7 Å². The number of carbonyl (C=O) groups is 2. The van der Waals surface area contributed by atoms with Gasteiger partial charge >= 0.3 is 0 Å². The Morgan fingerprint density at radius 3 is 2.47 bits per heavy atom. The number of pyridine rings is 1. The molecule has 0 saturated heterocycles. The molecule has 2 aromatic heterocycles. The predicted molar refractivity (Wildman–Crippen MR) is 173 cm³/mol. The number of anilines is 1. The molecule has 5 nitrogen and oxygen atoms in total. The van der Waals surface area contributed by atoms with Crippen LogP contribution in [0.1, 0.15) is 27.7 Å². The lowest BCUT2D eigenvalue weighted by Crippen LogP contribution is -2.22. The standard InChI is InChI=1S/C34H23ClFN3O2S2/c1-21(33(41)38-27-13-9-23(10-14-27)32(40)16-15-28-6-3-17-42-28)43-34-30(20-37)29(24-4-2-5-26(36)18-24)19-31(39-34)22-7-11-25(35)12-8-22/h2-19,21H,1H3,(H,38,41)/b16-15+/t21-/m0/s1. The minimum absolute atomic E-state index is 0.139. The van der Waals surface area contributed by atoms with E-state index in [1.807, 2.05) is 29.6 Å². The molecule has 0 bridgehead atoms. The maximum Gasteiger partial charge on any atom is 0.237 e. The molecular weight excluding hydrogens is 601 g/mol. The topological polar surface area (TPSA) is 82.8 Å².